The summed E-state index contributed by atoms with van der Waals surface area (Å²) in [5.41, 5.74) is 2.23. The molecule has 0 bridgehead atoms. The first-order chi connectivity index (χ1) is 12.6. The van der Waals surface area contributed by atoms with Crippen LogP contribution in [0.1, 0.15) is 11.1 Å². The molecule has 0 spiro atoms. The molecule has 0 atom stereocenters. The Morgan fingerprint density at radius 3 is 2.48 bits per heavy atom. The molecule has 0 radical (unpaired) electrons. The van der Waals surface area contributed by atoms with Crippen molar-refractivity contribution in [2.45, 2.75) is 6.92 Å². The average Bonchev–Trinajstić information content (AvgIpc) is 2.84. The molecule has 2 aromatic carbocycles. The van der Waals surface area contributed by atoms with Crippen LogP contribution in [0.25, 0.3) is 6.08 Å². The number of carbonyl (C=O) groups is 1. The number of carbonyl (C=O) groups excluding carboxylic acids is 1. The third kappa shape index (κ3) is 4.78. The van der Waals surface area contributed by atoms with Gasteiger partial charge in [0.05, 0.1) is 16.8 Å². The van der Waals surface area contributed by atoms with Crippen molar-refractivity contribution in [1.29, 1.82) is 0 Å². The number of amides is 1. The van der Waals surface area contributed by atoms with Crippen molar-refractivity contribution < 1.29 is 17.4 Å². The van der Waals surface area contributed by atoms with Crippen LogP contribution in [0.2, 0.25) is 0 Å². The minimum atomic E-state index is -3.70. The molecule has 1 aliphatic heterocycles. The third-order valence-corrected chi connectivity index (χ3v) is 5.86. The van der Waals surface area contributed by atoms with Crippen molar-refractivity contribution in [3.63, 3.8) is 0 Å². The number of hydrogen-bond donors (Lipinski definition) is 0. The van der Waals surface area contributed by atoms with Crippen LogP contribution < -0.4 is 9.08 Å². The predicted molar refractivity (Wildman–Crippen MR) is 116 cm³/mol. The molecule has 0 aromatic heterocycles. The quantitative estimate of drug-likeness (QED) is 0.362. The van der Waals surface area contributed by atoms with E-state index in [-0.39, 0.29) is 11.7 Å². The number of anilines is 1. The van der Waals surface area contributed by atoms with Gasteiger partial charge in [-0.3, -0.25) is 9.69 Å². The van der Waals surface area contributed by atoms with Crippen LogP contribution in [0, 0.1) is 6.92 Å². The van der Waals surface area contributed by atoms with E-state index in [1.807, 2.05) is 31.2 Å². The van der Waals surface area contributed by atoms with Crippen molar-refractivity contribution in [3.05, 3.63) is 63.0 Å². The fourth-order valence-electron chi connectivity index (χ4n) is 2.40. The van der Waals surface area contributed by atoms with Crippen LogP contribution in [0.15, 0.2) is 51.8 Å². The Labute approximate surface area is 175 Å². The zero-order chi connectivity index (χ0) is 19.8. The fraction of sp³-hybridized carbons (Fsp3) is 0.111. The van der Waals surface area contributed by atoms with Crippen LogP contribution in [0.5, 0.6) is 5.75 Å². The fourth-order valence-corrected chi connectivity index (χ4v) is 4.54. The predicted octanol–water partition coefficient (Wildman–Crippen LogP) is 4.50. The van der Waals surface area contributed by atoms with Gasteiger partial charge in [0.15, 0.2) is 4.32 Å². The lowest BCUT2D eigenvalue weighted by Crippen LogP contribution is -2.27. The summed E-state index contributed by atoms with van der Waals surface area (Å²) in [5, 5.41) is 0. The Hall–Kier alpha value is -1.68. The summed E-state index contributed by atoms with van der Waals surface area (Å²) in [7, 11) is -3.70. The highest BCUT2D eigenvalue weighted by Crippen LogP contribution is 2.37. The zero-order valence-electron chi connectivity index (χ0n) is 14.3. The van der Waals surface area contributed by atoms with Crippen molar-refractivity contribution in [2.75, 3.05) is 11.2 Å². The topological polar surface area (TPSA) is 63.7 Å². The van der Waals surface area contributed by atoms with Gasteiger partial charge in [-0.1, -0.05) is 57.6 Å². The van der Waals surface area contributed by atoms with E-state index in [4.69, 9.17) is 16.4 Å². The van der Waals surface area contributed by atoms with Crippen molar-refractivity contribution in [2.24, 2.45) is 0 Å². The van der Waals surface area contributed by atoms with E-state index in [9.17, 15) is 13.2 Å². The Kier molecular flexibility index (Phi) is 5.76. The largest absolute Gasteiger partial charge is 0.382 e. The van der Waals surface area contributed by atoms with Gasteiger partial charge in [0.2, 0.25) is 0 Å². The molecule has 3 rings (SSSR count). The monoisotopic (exact) mass is 483 g/mol. The summed E-state index contributed by atoms with van der Waals surface area (Å²) in [6, 6.07) is 12.3. The van der Waals surface area contributed by atoms with Crippen LogP contribution in [-0.2, 0) is 14.9 Å². The second kappa shape index (κ2) is 7.75. The molecule has 27 heavy (non-hydrogen) atoms. The summed E-state index contributed by atoms with van der Waals surface area (Å²) >= 11 is 9.87. The van der Waals surface area contributed by atoms with E-state index >= 15 is 0 Å². The summed E-state index contributed by atoms with van der Waals surface area (Å²) in [6.45, 7) is 1.96. The Balaban J connectivity index is 1.99. The van der Waals surface area contributed by atoms with Gasteiger partial charge in [-0.2, -0.15) is 8.42 Å². The van der Waals surface area contributed by atoms with Gasteiger partial charge in [0, 0.05) is 10.0 Å². The first kappa shape index (κ1) is 20.1. The SMILES string of the molecule is Cc1ccc(N2C(=O)C(=Cc3cc(Br)ccc3OS(C)(=O)=O)SC2=S)cc1. The molecule has 1 fully saturated rings. The highest BCUT2D eigenvalue weighted by Gasteiger charge is 2.33. The number of benzene rings is 2. The van der Waals surface area contributed by atoms with E-state index in [0.717, 1.165) is 28.1 Å². The van der Waals surface area contributed by atoms with Gasteiger partial charge in [-0.15, -0.1) is 0 Å². The van der Waals surface area contributed by atoms with Gasteiger partial charge in [-0.05, 0) is 43.3 Å². The van der Waals surface area contributed by atoms with Crippen LogP contribution in [0.4, 0.5) is 5.69 Å². The Morgan fingerprint density at radius 2 is 1.85 bits per heavy atom. The Morgan fingerprint density at radius 1 is 1.19 bits per heavy atom. The molecule has 1 heterocycles. The maximum absolute atomic E-state index is 12.9. The molecule has 9 heteroatoms. The lowest BCUT2D eigenvalue weighted by Gasteiger charge is -2.14. The zero-order valence-corrected chi connectivity index (χ0v) is 18.3. The molecule has 0 N–H and O–H groups in total. The smallest absolute Gasteiger partial charge is 0.306 e. The van der Waals surface area contributed by atoms with Gasteiger partial charge < -0.3 is 4.18 Å². The van der Waals surface area contributed by atoms with E-state index in [2.05, 4.69) is 15.9 Å². The number of rotatable bonds is 4. The number of thioether (sulfide) groups is 1. The van der Waals surface area contributed by atoms with Gasteiger partial charge in [0.25, 0.3) is 5.91 Å². The molecule has 1 aliphatic rings. The molecule has 0 aliphatic carbocycles. The van der Waals surface area contributed by atoms with Gasteiger partial charge in [-0.25, -0.2) is 0 Å². The highest BCUT2D eigenvalue weighted by atomic mass is 79.9. The maximum atomic E-state index is 12.9. The van der Waals surface area contributed by atoms with Crippen LogP contribution >= 0.6 is 39.9 Å². The van der Waals surface area contributed by atoms with Gasteiger partial charge >= 0.3 is 10.1 Å². The summed E-state index contributed by atoms with van der Waals surface area (Å²) in [6.07, 6.45) is 2.55. The first-order valence-corrected chi connectivity index (χ1v) is 11.5. The lowest BCUT2D eigenvalue weighted by molar-refractivity contribution is -0.113. The minimum Gasteiger partial charge on any atom is -0.382 e. The molecule has 2 aromatic rings. The third-order valence-electron chi connectivity index (χ3n) is 3.59. The Bertz CT molecular complexity index is 1060. The molecule has 1 amide bonds. The van der Waals surface area contributed by atoms with Gasteiger partial charge in [0.1, 0.15) is 5.75 Å². The van der Waals surface area contributed by atoms with Crippen LogP contribution in [0.3, 0.4) is 0 Å². The number of nitrogens with zero attached hydrogens (tertiary/aromatic N) is 1. The summed E-state index contributed by atoms with van der Waals surface area (Å²) in [4.78, 5) is 14.7. The van der Waals surface area contributed by atoms with E-state index in [0.29, 0.717) is 20.5 Å². The number of aryl methyl sites for hydroxylation is 1. The molecule has 1 saturated heterocycles. The van der Waals surface area contributed by atoms with Crippen molar-refractivity contribution in [3.8, 4) is 5.75 Å². The van der Waals surface area contributed by atoms with E-state index < -0.39 is 10.1 Å². The number of halogens is 1. The summed E-state index contributed by atoms with van der Waals surface area (Å²) in [5.74, 6) is -0.125. The molecule has 5 nitrogen and oxygen atoms in total. The molecular formula is C18H14BrNO4S3. The molecule has 140 valence electrons. The average molecular weight is 484 g/mol. The first-order valence-electron chi connectivity index (χ1n) is 7.68. The normalized spacial score (nSPS) is 16.3. The molecule has 0 saturated carbocycles. The van der Waals surface area contributed by atoms with E-state index in [1.54, 1.807) is 18.2 Å². The van der Waals surface area contributed by atoms with Crippen LogP contribution in [-0.4, -0.2) is 24.9 Å². The lowest BCUT2D eigenvalue weighted by atomic mass is 10.2. The van der Waals surface area contributed by atoms with E-state index in [1.165, 1.54) is 11.0 Å². The second-order valence-corrected chi connectivity index (χ2v) is 9.99. The second-order valence-electron chi connectivity index (χ2n) is 5.82. The number of thiocarbonyl (C=S) groups is 1. The highest BCUT2D eigenvalue weighted by molar-refractivity contribution is 9.10. The van der Waals surface area contributed by atoms with Crippen molar-refractivity contribution in [1.82, 2.24) is 0 Å². The maximum Gasteiger partial charge on any atom is 0.306 e. The minimum absolute atomic E-state index is 0.140. The number of hydrogen-bond acceptors (Lipinski definition) is 6. The molecular weight excluding hydrogens is 470 g/mol. The standard InChI is InChI=1S/C18H14BrNO4S3/c1-11-3-6-14(7-4-11)20-17(21)16(26-18(20)25)10-12-9-13(19)5-8-15(12)24-27(2,22)23/h3-10H,1-2H3. The molecule has 0 unspecified atom stereocenters. The van der Waals surface area contributed by atoms with Crippen molar-refractivity contribution >= 4 is 72.0 Å². The summed E-state index contributed by atoms with van der Waals surface area (Å²) < 4.78 is 29.2.